The number of hydrogen-bond acceptors (Lipinski definition) is 3. The van der Waals surface area contributed by atoms with Crippen molar-refractivity contribution in [2.75, 3.05) is 18.1 Å². The molecule has 0 atom stereocenters. The lowest BCUT2D eigenvalue weighted by atomic mass is 10.1. The maximum absolute atomic E-state index is 11.1. The molecule has 0 aromatic heterocycles. The second-order valence-electron chi connectivity index (χ2n) is 5.00. The molecule has 19 heavy (non-hydrogen) atoms. The molecule has 0 saturated heterocycles. The molecule has 0 bridgehead atoms. The second kappa shape index (κ2) is 14.0. The highest BCUT2D eigenvalue weighted by molar-refractivity contribution is 7.99. The molecule has 112 valence electrons. The van der Waals surface area contributed by atoms with E-state index in [4.69, 9.17) is 4.74 Å². The van der Waals surface area contributed by atoms with Crippen molar-refractivity contribution in [3.8, 4) is 0 Å². The molecule has 0 saturated carbocycles. The smallest absolute Gasteiger partial charge is 0.333 e. The van der Waals surface area contributed by atoms with Crippen LogP contribution in [-0.4, -0.2) is 24.1 Å². The molecule has 0 fully saturated rings. The van der Waals surface area contributed by atoms with Crippen molar-refractivity contribution >= 4 is 17.7 Å². The van der Waals surface area contributed by atoms with Crippen LogP contribution in [0.3, 0.4) is 0 Å². The average molecular weight is 286 g/mol. The number of rotatable bonds is 13. The molecular formula is C16H30O2S. The van der Waals surface area contributed by atoms with Crippen molar-refractivity contribution in [3.05, 3.63) is 12.2 Å². The van der Waals surface area contributed by atoms with Gasteiger partial charge in [-0.3, -0.25) is 0 Å². The predicted molar refractivity (Wildman–Crippen MR) is 85.7 cm³/mol. The summed E-state index contributed by atoms with van der Waals surface area (Å²) < 4.78 is 5.03. The van der Waals surface area contributed by atoms with E-state index in [-0.39, 0.29) is 5.97 Å². The molecule has 0 unspecified atom stereocenters. The van der Waals surface area contributed by atoms with Gasteiger partial charge >= 0.3 is 5.97 Å². The molecular weight excluding hydrogens is 256 g/mol. The fraction of sp³-hybridized carbons (Fsp3) is 0.812. The van der Waals surface area contributed by atoms with Crippen molar-refractivity contribution in [1.29, 1.82) is 0 Å². The lowest BCUT2D eigenvalue weighted by Crippen LogP contribution is -2.07. The summed E-state index contributed by atoms with van der Waals surface area (Å²) in [6.07, 6.45) is 10.9. The van der Waals surface area contributed by atoms with E-state index in [0.717, 1.165) is 5.75 Å². The summed E-state index contributed by atoms with van der Waals surface area (Å²) in [7, 11) is 0. The number of hydrogen-bond donors (Lipinski definition) is 0. The van der Waals surface area contributed by atoms with E-state index < -0.39 is 0 Å². The summed E-state index contributed by atoms with van der Waals surface area (Å²) in [5.41, 5.74) is 0.480. The third-order valence-corrected chi connectivity index (χ3v) is 3.98. The Kier molecular flexibility index (Phi) is 13.7. The van der Waals surface area contributed by atoms with Crippen molar-refractivity contribution in [3.63, 3.8) is 0 Å². The first kappa shape index (κ1) is 18.6. The molecule has 0 heterocycles. The normalized spacial score (nSPS) is 10.4. The highest BCUT2D eigenvalue weighted by Gasteiger charge is 2.01. The zero-order valence-corrected chi connectivity index (χ0v) is 13.5. The van der Waals surface area contributed by atoms with Gasteiger partial charge in [0.1, 0.15) is 6.61 Å². The predicted octanol–water partition coefficient (Wildman–Crippen LogP) is 4.98. The molecule has 0 amide bonds. The zero-order valence-electron chi connectivity index (χ0n) is 12.7. The van der Waals surface area contributed by atoms with Crippen molar-refractivity contribution < 1.29 is 9.53 Å². The number of ether oxygens (including phenoxy) is 1. The Balaban J connectivity index is 3.07. The largest absolute Gasteiger partial charge is 0.461 e. The van der Waals surface area contributed by atoms with Crippen LogP contribution in [0.25, 0.3) is 0 Å². The van der Waals surface area contributed by atoms with E-state index in [2.05, 4.69) is 13.5 Å². The molecule has 0 aliphatic heterocycles. The summed E-state index contributed by atoms with van der Waals surface area (Å²) in [5.74, 6) is 1.81. The molecule has 2 nitrogen and oxygen atoms in total. The van der Waals surface area contributed by atoms with Crippen LogP contribution in [0, 0.1) is 0 Å². The van der Waals surface area contributed by atoms with Crippen molar-refractivity contribution in [1.82, 2.24) is 0 Å². The Morgan fingerprint density at radius 3 is 2.16 bits per heavy atom. The third-order valence-electron chi connectivity index (χ3n) is 2.95. The Morgan fingerprint density at radius 2 is 1.58 bits per heavy atom. The van der Waals surface area contributed by atoms with Gasteiger partial charge in [-0.1, -0.05) is 58.4 Å². The number of carbonyl (C=O) groups excluding carboxylic acids is 1. The Morgan fingerprint density at radius 1 is 1.00 bits per heavy atom. The quantitative estimate of drug-likeness (QED) is 0.271. The highest BCUT2D eigenvalue weighted by atomic mass is 32.2. The third kappa shape index (κ3) is 13.8. The summed E-state index contributed by atoms with van der Waals surface area (Å²) in [4.78, 5) is 11.1. The van der Waals surface area contributed by atoms with Crippen LogP contribution in [0.5, 0.6) is 0 Å². The number of esters is 1. The molecule has 0 radical (unpaired) electrons. The van der Waals surface area contributed by atoms with Crippen molar-refractivity contribution in [2.24, 2.45) is 0 Å². The molecule has 0 aliphatic rings. The van der Waals surface area contributed by atoms with Crippen LogP contribution in [0.15, 0.2) is 12.2 Å². The Bertz CT molecular complexity index is 239. The van der Waals surface area contributed by atoms with E-state index in [0.29, 0.717) is 12.2 Å². The highest BCUT2D eigenvalue weighted by Crippen LogP contribution is 2.11. The van der Waals surface area contributed by atoms with Crippen molar-refractivity contribution in [2.45, 2.75) is 65.2 Å². The van der Waals surface area contributed by atoms with Crippen LogP contribution in [-0.2, 0) is 9.53 Å². The van der Waals surface area contributed by atoms with Gasteiger partial charge in [-0.25, -0.2) is 4.79 Å². The number of carbonyl (C=O) groups is 1. The second-order valence-corrected chi connectivity index (χ2v) is 6.23. The van der Waals surface area contributed by atoms with E-state index in [1.165, 1.54) is 57.1 Å². The maximum Gasteiger partial charge on any atom is 0.333 e. The van der Waals surface area contributed by atoms with E-state index in [1.54, 1.807) is 6.92 Å². The number of thioether (sulfide) groups is 1. The average Bonchev–Trinajstić information content (AvgIpc) is 2.39. The molecule has 0 N–H and O–H groups in total. The summed E-state index contributed by atoms with van der Waals surface area (Å²) in [6, 6.07) is 0. The fourth-order valence-corrected chi connectivity index (χ4v) is 2.57. The molecule has 0 rings (SSSR count). The minimum Gasteiger partial charge on any atom is -0.461 e. The zero-order chi connectivity index (χ0) is 14.3. The van der Waals surface area contributed by atoms with Crippen LogP contribution >= 0.6 is 11.8 Å². The van der Waals surface area contributed by atoms with Crippen LogP contribution in [0.4, 0.5) is 0 Å². The molecule has 0 aliphatic carbocycles. The lowest BCUT2D eigenvalue weighted by molar-refractivity contribution is -0.138. The van der Waals surface area contributed by atoms with Crippen LogP contribution in [0.2, 0.25) is 0 Å². The lowest BCUT2D eigenvalue weighted by Gasteiger charge is -2.04. The monoisotopic (exact) mass is 286 g/mol. The minimum absolute atomic E-state index is 0.271. The SMILES string of the molecule is C=C(C)C(=O)OCCSCCCCCCCCCC. The Labute approximate surface area is 123 Å². The summed E-state index contributed by atoms with van der Waals surface area (Å²) >= 11 is 1.87. The van der Waals surface area contributed by atoms with Gasteiger partial charge in [0.05, 0.1) is 0 Å². The van der Waals surface area contributed by atoms with E-state index in [1.807, 2.05) is 11.8 Å². The van der Waals surface area contributed by atoms with Gasteiger partial charge < -0.3 is 4.74 Å². The van der Waals surface area contributed by atoms with Gasteiger partial charge in [0.25, 0.3) is 0 Å². The van der Waals surface area contributed by atoms with Gasteiger partial charge in [0, 0.05) is 11.3 Å². The van der Waals surface area contributed by atoms with Crippen LogP contribution < -0.4 is 0 Å². The molecule has 3 heteroatoms. The van der Waals surface area contributed by atoms with Gasteiger partial charge in [0.2, 0.25) is 0 Å². The van der Waals surface area contributed by atoms with E-state index in [9.17, 15) is 4.79 Å². The van der Waals surface area contributed by atoms with Gasteiger partial charge in [0.15, 0.2) is 0 Å². The van der Waals surface area contributed by atoms with Crippen LogP contribution in [0.1, 0.15) is 65.2 Å². The summed E-state index contributed by atoms with van der Waals surface area (Å²) in [5, 5.41) is 0. The first-order valence-corrected chi connectivity index (χ1v) is 8.74. The number of unbranched alkanes of at least 4 members (excludes halogenated alkanes) is 7. The minimum atomic E-state index is -0.271. The molecule has 0 aromatic rings. The Hall–Kier alpha value is -0.440. The van der Waals surface area contributed by atoms with Gasteiger partial charge in [-0.05, 0) is 19.1 Å². The summed E-state index contributed by atoms with van der Waals surface area (Å²) in [6.45, 7) is 7.99. The topological polar surface area (TPSA) is 26.3 Å². The standard InChI is InChI=1S/C16H30O2S/c1-4-5-6-7-8-9-10-11-13-19-14-12-18-16(17)15(2)3/h2,4-14H2,1,3H3. The first-order chi connectivity index (χ1) is 9.18. The first-order valence-electron chi connectivity index (χ1n) is 7.58. The molecule has 0 spiro atoms. The van der Waals surface area contributed by atoms with E-state index >= 15 is 0 Å². The molecule has 0 aromatic carbocycles. The van der Waals surface area contributed by atoms with Gasteiger partial charge in [-0.2, -0.15) is 11.8 Å². The fourth-order valence-electron chi connectivity index (χ4n) is 1.76. The van der Waals surface area contributed by atoms with Gasteiger partial charge in [-0.15, -0.1) is 0 Å². The maximum atomic E-state index is 11.1.